The van der Waals surface area contributed by atoms with Gasteiger partial charge in [-0.2, -0.15) is 0 Å². The summed E-state index contributed by atoms with van der Waals surface area (Å²) in [6.45, 7) is 4.32. The molecule has 0 spiro atoms. The molecule has 106 valence electrons. The summed E-state index contributed by atoms with van der Waals surface area (Å²) in [5, 5.41) is 10.5. The topological polar surface area (TPSA) is 46.2 Å². The van der Waals surface area contributed by atoms with Crippen molar-refractivity contribution in [1.29, 1.82) is 0 Å². The number of nitrogens with two attached hydrogens (primary N) is 1. The number of aliphatic hydroxyl groups is 1. The van der Waals surface area contributed by atoms with Gasteiger partial charge in [-0.3, -0.25) is 0 Å². The zero-order valence-corrected chi connectivity index (χ0v) is 11.4. The van der Waals surface area contributed by atoms with Crippen molar-refractivity contribution in [3.8, 4) is 0 Å². The SMILES string of the molecule is CC1(C)CCC(CN)(Cc2cc(F)cc(F)c2)C1O. The van der Waals surface area contributed by atoms with Gasteiger partial charge in [0, 0.05) is 18.0 Å². The average molecular weight is 269 g/mol. The summed E-state index contributed by atoms with van der Waals surface area (Å²) in [6, 6.07) is 3.49. The molecule has 2 rings (SSSR count). The van der Waals surface area contributed by atoms with Gasteiger partial charge >= 0.3 is 0 Å². The van der Waals surface area contributed by atoms with E-state index in [-0.39, 0.29) is 5.41 Å². The van der Waals surface area contributed by atoms with Gasteiger partial charge in [0.1, 0.15) is 11.6 Å². The molecule has 0 aromatic heterocycles. The quantitative estimate of drug-likeness (QED) is 0.886. The highest BCUT2D eigenvalue weighted by atomic mass is 19.1. The van der Waals surface area contributed by atoms with Crippen LogP contribution in [0.25, 0.3) is 0 Å². The van der Waals surface area contributed by atoms with Crippen LogP contribution in [0.1, 0.15) is 32.3 Å². The van der Waals surface area contributed by atoms with Gasteiger partial charge < -0.3 is 10.8 Å². The standard InChI is InChI=1S/C15H21F2NO/c1-14(2)3-4-15(9-18,13(14)19)8-10-5-11(16)7-12(17)6-10/h5-7,13,19H,3-4,8-9,18H2,1-2H3. The molecule has 0 amide bonds. The molecule has 2 nitrogen and oxygen atoms in total. The van der Waals surface area contributed by atoms with Crippen LogP contribution in [0.15, 0.2) is 18.2 Å². The molecule has 1 aliphatic rings. The van der Waals surface area contributed by atoms with Crippen LogP contribution in [0.5, 0.6) is 0 Å². The predicted molar refractivity (Wildman–Crippen MR) is 70.6 cm³/mol. The lowest BCUT2D eigenvalue weighted by atomic mass is 9.74. The fraction of sp³-hybridized carbons (Fsp3) is 0.600. The highest BCUT2D eigenvalue weighted by Crippen LogP contribution is 2.50. The second-order valence-corrected chi connectivity index (χ2v) is 6.41. The lowest BCUT2D eigenvalue weighted by Gasteiger charge is -2.36. The van der Waals surface area contributed by atoms with Gasteiger partial charge in [0.2, 0.25) is 0 Å². The molecule has 2 atom stereocenters. The number of hydrogen-bond acceptors (Lipinski definition) is 2. The third kappa shape index (κ3) is 2.65. The molecule has 1 aromatic rings. The summed E-state index contributed by atoms with van der Waals surface area (Å²) >= 11 is 0. The second-order valence-electron chi connectivity index (χ2n) is 6.41. The van der Waals surface area contributed by atoms with E-state index in [9.17, 15) is 13.9 Å². The molecule has 4 heteroatoms. The zero-order chi connectivity index (χ0) is 14.3. The van der Waals surface area contributed by atoms with Crippen molar-refractivity contribution >= 4 is 0 Å². The van der Waals surface area contributed by atoms with Crippen molar-refractivity contribution in [3.05, 3.63) is 35.4 Å². The van der Waals surface area contributed by atoms with E-state index in [0.29, 0.717) is 18.5 Å². The van der Waals surface area contributed by atoms with Crippen molar-refractivity contribution in [2.45, 2.75) is 39.2 Å². The molecule has 0 aliphatic heterocycles. The number of aliphatic hydroxyl groups excluding tert-OH is 1. The Labute approximate surface area is 112 Å². The maximum absolute atomic E-state index is 13.2. The van der Waals surface area contributed by atoms with E-state index in [0.717, 1.165) is 18.9 Å². The van der Waals surface area contributed by atoms with Crippen LogP contribution in [0.4, 0.5) is 8.78 Å². The molecule has 0 radical (unpaired) electrons. The van der Waals surface area contributed by atoms with Gasteiger partial charge in [-0.15, -0.1) is 0 Å². The van der Waals surface area contributed by atoms with Crippen molar-refractivity contribution in [2.75, 3.05) is 6.54 Å². The van der Waals surface area contributed by atoms with Gasteiger partial charge in [0.15, 0.2) is 0 Å². The Balaban J connectivity index is 2.29. The van der Waals surface area contributed by atoms with Crippen LogP contribution in [0.3, 0.4) is 0 Å². The molecular formula is C15H21F2NO. The van der Waals surface area contributed by atoms with Crippen LogP contribution in [-0.4, -0.2) is 17.8 Å². The first kappa shape index (κ1) is 14.4. The highest BCUT2D eigenvalue weighted by molar-refractivity contribution is 5.21. The van der Waals surface area contributed by atoms with Crippen LogP contribution < -0.4 is 5.73 Å². The minimum atomic E-state index is -0.589. The Morgan fingerprint density at radius 1 is 1.21 bits per heavy atom. The lowest BCUT2D eigenvalue weighted by molar-refractivity contribution is -0.00469. The molecule has 3 N–H and O–H groups in total. The van der Waals surface area contributed by atoms with Crippen molar-refractivity contribution in [3.63, 3.8) is 0 Å². The van der Waals surface area contributed by atoms with Gasteiger partial charge in [-0.05, 0) is 42.4 Å². The third-order valence-corrected chi connectivity index (χ3v) is 4.47. The lowest BCUT2D eigenvalue weighted by Crippen LogP contribution is -2.44. The maximum Gasteiger partial charge on any atom is 0.126 e. The van der Waals surface area contributed by atoms with Gasteiger partial charge in [0.05, 0.1) is 6.10 Å². The highest BCUT2D eigenvalue weighted by Gasteiger charge is 2.50. The molecule has 1 aromatic carbocycles. The van der Waals surface area contributed by atoms with E-state index in [1.807, 2.05) is 13.8 Å². The van der Waals surface area contributed by atoms with Gasteiger partial charge in [-0.25, -0.2) is 8.78 Å². The fourth-order valence-corrected chi connectivity index (χ4v) is 3.26. The largest absolute Gasteiger partial charge is 0.392 e. The average Bonchev–Trinajstić information content (AvgIpc) is 2.53. The Hall–Kier alpha value is -1.00. The predicted octanol–water partition coefficient (Wildman–Crippen LogP) is 2.63. The molecule has 2 unspecified atom stereocenters. The van der Waals surface area contributed by atoms with E-state index >= 15 is 0 Å². The Morgan fingerprint density at radius 2 is 1.79 bits per heavy atom. The zero-order valence-electron chi connectivity index (χ0n) is 11.4. The first-order valence-corrected chi connectivity index (χ1v) is 6.62. The van der Waals surface area contributed by atoms with Gasteiger partial charge in [0.25, 0.3) is 0 Å². The van der Waals surface area contributed by atoms with Crippen molar-refractivity contribution in [1.82, 2.24) is 0 Å². The Bertz CT molecular complexity index is 455. The Morgan fingerprint density at radius 3 is 2.21 bits per heavy atom. The number of rotatable bonds is 3. The summed E-state index contributed by atoms with van der Waals surface area (Å²) in [5.41, 5.74) is 5.73. The smallest absolute Gasteiger partial charge is 0.126 e. The minimum Gasteiger partial charge on any atom is -0.392 e. The van der Waals surface area contributed by atoms with Crippen LogP contribution in [-0.2, 0) is 6.42 Å². The van der Waals surface area contributed by atoms with Crippen molar-refractivity contribution in [2.24, 2.45) is 16.6 Å². The summed E-state index contributed by atoms with van der Waals surface area (Å²) < 4.78 is 26.5. The van der Waals surface area contributed by atoms with E-state index in [2.05, 4.69) is 0 Å². The first-order chi connectivity index (χ1) is 8.79. The second kappa shape index (κ2) is 4.84. The van der Waals surface area contributed by atoms with Crippen LogP contribution in [0.2, 0.25) is 0 Å². The Kier molecular flexibility index (Phi) is 3.67. The van der Waals surface area contributed by atoms with Gasteiger partial charge in [-0.1, -0.05) is 13.8 Å². The monoisotopic (exact) mass is 269 g/mol. The summed E-state index contributed by atoms with van der Waals surface area (Å²) in [6.07, 6.45) is 1.48. The van der Waals surface area contributed by atoms with Crippen LogP contribution >= 0.6 is 0 Å². The fourth-order valence-electron chi connectivity index (χ4n) is 3.26. The van der Waals surface area contributed by atoms with Crippen molar-refractivity contribution < 1.29 is 13.9 Å². The number of halogens is 2. The number of hydrogen-bond donors (Lipinski definition) is 2. The third-order valence-electron chi connectivity index (χ3n) is 4.47. The minimum absolute atomic E-state index is 0.203. The molecule has 19 heavy (non-hydrogen) atoms. The van der Waals surface area contributed by atoms with E-state index in [1.54, 1.807) is 0 Å². The first-order valence-electron chi connectivity index (χ1n) is 6.62. The number of benzene rings is 1. The molecule has 0 saturated heterocycles. The summed E-state index contributed by atoms with van der Waals surface area (Å²) in [5.74, 6) is -1.18. The molecule has 0 heterocycles. The van der Waals surface area contributed by atoms with Crippen LogP contribution in [0, 0.1) is 22.5 Å². The summed E-state index contributed by atoms with van der Waals surface area (Å²) in [7, 11) is 0. The molecule has 1 fully saturated rings. The molecule has 1 saturated carbocycles. The molecule has 1 aliphatic carbocycles. The van der Waals surface area contributed by atoms with E-state index in [4.69, 9.17) is 5.73 Å². The van der Waals surface area contributed by atoms with E-state index < -0.39 is 23.2 Å². The normalized spacial score (nSPS) is 29.7. The maximum atomic E-state index is 13.2. The van der Waals surface area contributed by atoms with E-state index in [1.165, 1.54) is 12.1 Å². The summed E-state index contributed by atoms with van der Waals surface area (Å²) in [4.78, 5) is 0. The molecular weight excluding hydrogens is 248 g/mol. The molecule has 0 bridgehead atoms.